The summed E-state index contributed by atoms with van der Waals surface area (Å²) in [6.45, 7) is 9.49. The standard InChI is InChI=1S/C73H142O17P2/c1-7-9-11-13-14-15-16-17-25-28-33-38-44-50-56-71(76)84-62-69(90-72(77)57-51-45-39-34-29-26-23-21-19-18-20-22-24-27-31-36-42-47-53-65(3)4)64-88-92(81,82)86-60-67(74)59-85-91(79,80)87-63-68(61-83-70(75)55-49-41-12-10-8-2)89-73(78)58-52-46-40-35-30-32-37-43-48-54-66(5)6/h65-69,74H,7-64H2,1-6H3,(H,79,80)(H,81,82)/t67-,68+,69+/m0/s1. The minimum atomic E-state index is -4.95. The predicted molar refractivity (Wildman–Crippen MR) is 372 cm³/mol. The van der Waals surface area contributed by atoms with Crippen LogP contribution in [-0.4, -0.2) is 96.7 Å². The van der Waals surface area contributed by atoms with Gasteiger partial charge in [0.15, 0.2) is 12.2 Å². The smallest absolute Gasteiger partial charge is 0.462 e. The van der Waals surface area contributed by atoms with E-state index in [1.807, 2.05) is 0 Å². The fourth-order valence-electron chi connectivity index (χ4n) is 11.1. The minimum absolute atomic E-state index is 0.104. The average Bonchev–Trinajstić information content (AvgIpc) is 2.44. The zero-order valence-corrected chi connectivity index (χ0v) is 61.6. The molecule has 5 atom stereocenters. The molecule has 17 nitrogen and oxygen atoms in total. The molecule has 0 saturated heterocycles. The Bertz CT molecular complexity index is 1790. The maximum atomic E-state index is 13.1. The van der Waals surface area contributed by atoms with E-state index in [0.29, 0.717) is 25.7 Å². The van der Waals surface area contributed by atoms with E-state index >= 15 is 0 Å². The van der Waals surface area contributed by atoms with E-state index in [-0.39, 0.29) is 25.7 Å². The van der Waals surface area contributed by atoms with Crippen LogP contribution in [0, 0.1) is 11.8 Å². The molecule has 92 heavy (non-hydrogen) atoms. The second-order valence-corrected chi connectivity index (χ2v) is 30.2. The van der Waals surface area contributed by atoms with Crippen LogP contribution in [0.15, 0.2) is 0 Å². The van der Waals surface area contributed by atoms with Crippen molar-refractivity contribution >= 4 is 39.5 Å². The molecule has 0 heterocycles. The maximum absolute atomic E-state index is 13.1. The summed E-state index contributed by atoms with van der Waals surface area (Å²) in [5.74, 6) is -0.574. The van der Waals surface area contributed by atoms with Crippen molar-refractivity contribution < 1.29 is 80.2 Å². The van der Waals surface area contributed by atoms with Crippen molar-refractivity contribution in [2.75, 3.05) is 39.6 Å². The lowest BCUT2D eigenvalue weighted by atomic mass is 10.0. The third kappa shape index (κ3) is 66.7. The van der Waals surface area contributed by atoms with Crippen molar-refractivity contribution in [2.45, 2.75) is 394 Å². The number of aliphatic hydroxyl groups excluding tert-OH is 1. The first kappa shape index (κ1) is 90.1. The summed E-state index contributed by atoms with van der Waals surface area (Å²) in [5, 5.41) is 10.6. The summed E-state index contributed by atoms with van der Waals surface area (Å²) >= 11 is 0. The molecule has 0 aromatic heterocycles. The van der Waals surface area contributed by atoms with Gasteiger partial charge < -0.3 is 33.8 Å². The summed E-state index contributed by atoms with van der Waals surface area (Å²) in [7, 11) is -9.89. The molecule has 0 bridgehead atoms. The van der Waals surface area contributed by atoms with Crippen molar-refractivity contribution in [3.05, 3.63) is 0 Å². The van der Waals surface area contributed by atoms with Crippen LogP contribution in [0.3, 0.4) is 0 Å². The first-order valence-corrected chi connectivity index (χ1v) is 41.0. The lowest BCUT2D eigenvalue weighted by Crippen LogP contribution is -2.30. The lowest BCUT2D eigenvalue weighted by molar-refractivity contribution is -0.161. The van der Waals surface area contributed by atoms with Crippen molar-refractivity contribution in [2.24, 2.45) is 11.8 Å². The van der Waals surface area contributed by atoms with Crippen LogP contribution in [0.1, 0.15) is 375 Å². The van der Waals surface area contributed by atoms with Gasteiger partial charge in [-0.1, -0.05) is 324 Å². The number of carbonyl (C=O) groups is 4. The Morgan fingerprint density at radius 2 is 0.500 bits per heavy atom. The predicted octanol–water partition coefficient (Wildman–Crippen LogP) is 21.2. The Morgan fingerprint density at radius 3 is 0.739 bits per heavy atom. The number of phosphoric acid groups is 2. The molecule has 0 aromatic carbocycles. The van der Waals surface area contributed by atoms with Gasteiger partial charge in [0.05, 0.1) is 26.4 Å². The Morgan fingerprint density at radius 1 is 0.293 bits per heavy atom. The van der Waals surface area contributed by atoms with Gasteiger partial charge in [0.2, 0.25) is 0 Å². The molecule has 0 rings (SSSR count). The van der Waals surface area contributed by atoms with Crippen LogP contribution >= 0.6 is 15.6 Å². The molecule has 0 fully saturated rings. The largest absolute Gasteiger partial charge is 0.472 e. The highest BCUT2D eigenvalue weighted by Gasteiger charge is 2.30. The Balaban J connectivity index is 5.12. The molecule has 546 valence electrons. The fourth-order valence-corrected chi connectivity index (χ4v) is 12.7. The van der Waals surface area contributed by atoms with E-state index in [0.717, 1.165) is 108 Å². The summed E-state index contributed by atoms with van der Waals surface area (Å²) in [6.07, 6.45) is 51.8. The molecule has 0 aliphatic carbocycles. The van der Waals surface area contributed by atoms with Gasteiger partial charge >= 0.3 is 39.5 Å². The summed E-state index contributed by atoms with van der Waals surface area (Å²) < 4.78 is 68.2. The quantitative estimate of drug-likeness (QED) is 0.0222. The molecular formula is C73H142O17P2. The average molecular weight is 1350 g/mol. The molecule has 19 heteroatoms. The highest BCUT2D eigenvalue weighted by Crippen LogP contribution is 2.45. The summed E-state index contributed by atoms with van der Waals surface area (Å²) in [6, 6.07) is 0. The molecule has 0 amide bonds. The molecular weight excluding hydrogens is 1210 g/mol. The monoisotopic (exact) mass is 1350 g/mol. The zero-order valence-electron chi connectivity index (χ0n) is 59.9. The second-order valence-electron chi connectivity index (χ2n) is 27.3. The van der Waals surface area contributed by atoms with Crippen LogP contribution in [0.25, 0.3) is 0 Å². The topological polar surface area (TPSA) is 237 Å². The van der Waals surface area contributed by atoms with E-state index in [4.69, 9.17) is 37.0 Å². The van der Waals surface area contributed by atoms with Gasteiger partial charge in [0, 0.05) is 25.7 Å². The molecule has 0 aliphatic heterocycles. The van der Waals surface area contributed by atoms with Crippen LogP contribution in [0.4, 0.5) is 0 Å². The highest BCUT2D eigenvalue weighted by molar-refractivity contribution is 7.47. The van der Waals surface area contributed by atoms with E-state index in [2.05, 4.69) is 41.5 Å². The van der Waals surface area contributed by atoms with Crippen LogP contribution in [0.2, 0.25) is 0 Å². The van der Waals surface area contributed by atoms with Gasteiger partial charge in [-0.3, -0.25) is 37.3 Å². The van der Waals surface area contributed by atoms with Crippen LogP contribution in [-0.2, 0) is 65.4 Å². The van der Waals surface area contributed by atoms with Crippen LogP contribution < -0.4 is 0 Å². The molecule has 3 N–H and O–H groups in total. The molecule has 0 spiro atoms. The maximum Gasteiger partial charge on any atom is 0.472 e. The summed E-state index contributed by atoms with van der Waals surface area (Å²) in [4.78, 5) is 72.4. The van der Waals surface area contributed by atoms with Gasteiger partial charge in [-0.15, -0.1) is 0 Å². The number of phosphoric ester groups is 2. The first-order valence-electron chi connectivity index (χ1n) is 38.0. The van der Waals surface area contributed by atoms with E-state index in [1.54, 1.807) is 0 Å². The Hall–Kier alpha value is -1.94. The molecule has 0 aromatic rings. The minimum Gasteiger partial charge on any atom is -0.462 e. The Kier molecular flexibility index (Phi) is 63.7. The normalized spacial score (nSPS) is 14.1. The van der Waals surface area contributed by atoms with Gasteiger partial charge in [0.25, 0.3) is 0 Å². The number of rotatable bonds is 72. The van der Waals surface area contributed by atoms with Gasteiger partial charge in [0.1, 0.15) is 19.3 Å². The van der Waals surface area contributed by atoms with Crippen molar-refractivity contribution in [1.29, 1.82) is 0 Å². The lowest BCUT2D eigenvalue weighted by Gasteiger charge is -2.21. The van der Waals surface area contributed by atoms with Gasteiger partial charge in [-0.25, -0.2) is 9.13 Å². The van der Waals surface area contributed by atoms with Crippen molar-refractivity contribution in [1.82, 2.24) is 0 Å². The SMILES string of the molecule is CCCCCCCCCCCCCCCCC(=O)OC[C@H](COP(=O)(O)OC[C@@H](O)COP(=O)(O)OC[C@@H](COC(=O)CCCCCCC)OC(=O)CCCCCCCCCCCC(C)C)OC(=O)CCCCCCCCCCCCCCCCCCCCC(C)C. The second kappa shape index (κ2) is 65.0. The van der Waals surface area contributed by atoms with Crippen molar-refractivity contribution in [3.8, 4) is 0 Å². The van der Waals surface area contributed by atoms with E-state index in [9.17, 15) is 43.2 Å². The number of unbranched alkanes of at least 4 members (excludes halogenated alkanes) is 42. The number of carbonyl (C=O) groups excluding carboxylic acids is 4. The van der Waals surface area contributed by atoms with E-state index < -0.39 is 97.5 Å². The number of esters is 4. The molecule has 0 aliphatic rings. The van der Waals surface area contributed by atoms with Gasteiger partial charge in [-0.2, -0.15) is 0 Å². The zero-order chi connectivity index (χ0) is 67.9. The number of ether oxygens (including phenoxy) is 4. The third-order valence-electron chi connectivity index (χ3n) is 17.0. The number of aliphatic hydroxyl groups is 1. The Labute approximate surface area is 562 Å². The van der Waals surface area contributed by atoms with Crippen LogP contribution in [0.5, 0.6) is 0 Å². The van der Waals surface area contributed by atoms with Crippen molar-refractivity contribution in [3.63, 3.8) is 0 Å². The highest BCUT2D eigenvalue weighted by atomic mass is 31.2. The van der Waals surface area contributed by atoms with E-state index in [1.165, 1.54) is 186 Å². The molecule has 0 radical (unpaired) electrons. The first-order chi connectivity index (χ1) is 44.4. The molecule has 2 unspecified atom stereocenters. The number of hydrogen-bond donors (Lipinski definition) is 3. The molecule has 0 saturated carbocycles. The third-order valence-corrected chi connectivity index (χ3v) is 18.9. The van der Waals surface area contributed by atoms with Gasteiger partial charge in [-0.05, 0) is 37.5 Å². The fraction of sp³-hybridized carbons (Fsp3) is 0.945. The number of hydrogen-bond acceptors (Lipinski definition) is 15. The summed E-state index contributed by atoms with van der Waals surface area (Å²) in [5.41, 5.74) is 0.